The molecule has 138 valence electrons. The van der Waals surface area contributed by atoms with Crippen molar-refractivity contribution in [3.05, 3.63) is 35.1 Å². The van der Waals surface area contributed by atoms with Crippen LogP contribution in [0.25, 0.3) is 0 Å². The highest BCUT2D eigenvalue weighted by Crippen LogP contribution is 2.36. The molecule has 5 nitrogen and oxygen atoms in total. The predicted octanol–water partition coefficient (Wildman–Crippen LogP) is 4.05. The Bertz CT molecular complexity index is 713. The summed E-state index contributed by atoms with van der Waals surface area (Å²) in [6.07, 6.45) is 12.4. The van der Waals surface area contributed by atoms with E-state index in [1.165, 1.54) is 5.57 Å². The van der Waals surface area contributed by atoms with Crippen LogP contribution in [0.15, 0.2) is 35.1 Å². The topological polar surface area (TPSA) is 75.3 Å². The fourth-order valence-corrected chi connectivity index (χ4v) is 5.52. The molecule has 0 aliphatic heterocycles. The minimum atomic E-state index is -3.60. The van der Waals surface area contributed by atoms with Gasteiger partial charge in [0.05, 0.1) is 5.25 Å². The average Bonchev–Trinajstić information content (AvgIpc) is 3.22. The van der Waals surface area contributed by atoms with Gasteiger partial charge in [0.25, 0.3) is 0 Å². The fourth-order valence-electron chi connectivity index (χ4n) is 4.09. The van der Waals surface area contributed by atoms with Gasteiger partial charge < -0.3 is 5.32 Å². The highest BCUT2D eigenvalue weighted by molar-refractivity contribution is 7.90. The summed E-state index contributed by atoms with van der Waals surface area (Å²) in [5, 5.41) is 2.38. The molecular formula is C19H28N2O3S. The van der Waals surface area contributed by atoms with Crippen LogP contribution < -0.4 is 10.0 Å². The van der Waals surface area contributed by atoms with E-state index in [1.54, 1.807) is 0 Å². The first-order chi connectivity index (χ1) is 12.0. The van der Waals surface area contributed by atoms with Gasteiger partial charge in [-0.25, -0.2) is 17.9 Å². The lowest BCUT2D eigenvalue weighted by atomic mass is 10.0. The Kier molecular flexibility index (Phi) is 5.67. The van der Waals surface area contributed by atoms with Crippen molar-refractivity contribution in [1.29, 1.82) is 0 Å². The normalized spacial score (nSPS) is 27.7. The molecule has 25 heavy (non-hydrogen) atoms. The molecule has 0 aromatic rings. The van der Waals surface area contributed by atoms with E-state index in [0.717, 1.165) is 74.6 Å². The van der Waals surface area contributed by atoms with Crippen molar-refractivity contribution < 1.29 is 13.2 Å². The Morgan fingerprint density at radius 1 is 1.04 bits per heavy atom. The van der Waals surface area contributed by atoms with Crippen LogP contribution in [0.5, 0.6) is 0 Å². The number of hydrogen-bond donors (Lipinski definition) is 2. The van der Waals surface area contributed by atoms with E-state index in [-0.39, 0.29) is 0 Å². The zero-order chi connectivity index (χ0) is 17.9. The van der Waals surface area contributed by atoms with Gasteiger partial charge in [-0.3, -0.25) is 0 Å². The van der Waals surface area contributed by atoms with Crippen LogP contribution >= 0.6 is 0 Å². The molecule has 0 bridgehead atoms. The second kappa shape index (κ2) is 7.77. The standard InChI is InChI=1S/C19H28N2O3S/c1-14-8-3-2-4-9-15-10-7-13-17(15)18(14)20-19(22)21-25(23,24)16-11-5-6-12-16/h9,16H,1-8,10-13H2,(H2,20,21,22)/b15-9-,18-17+. The quantitative estimate of drug-likeness (QED) is 0.793. The summed E-state index contributed by atoms with van der Waals surface area (Å²) in [7, 11) is -3.60. The number of rotatable bonds is 3. The van der Waals surface area contributed by atoms with Crippen LogP contribution in [-0.2, 0) is 10.0 Å². The van der Waals surface area contributed by atoms with Gasteiger partial charge in [-0.2, -0.15) is 0 Å². The van der Waals surface area contributed by atoms with Crippen LogP contribution in [-0.4, -0.2) is 19.7 Å². The lowest BCUT2D eigenvalue weighted by molar-refractivity contribution is 0.248. The van der Waals surface area contributed by atoms with E-state index < -0.39 is 21.3 Å². The highest BCUT2D eigenvalue weighted by Gasteiger charge is 2.31. The minimum absolute atomic E-state index is 0.443. The number of urea groups is 1. The molecule has 2 fully saturated rings. The highest BCUT2D eigenvalue weighted by atomic mass is 32.2. The Hall–Kier alpha value is -1.56. The van der Waals surface area contributed by atoms with Crippen molar-refractivity contribution in [2.24, 2.45) is 0 Å². The zero-order valence-electron chi connectivity index (χ0n) is 14.8. The number of nitrogens with one attached hydrogen (secondary N) is 2. The Balaban J connectivity index is 1.77. The van der Waals surface area contributed by atoms with Crippen molar-refractivity contribution in [3.8, 4) is 0 Å². The molecule has 0 spiro atoms. The number of allylic oxidation sites excluding steroid dienone is 4. The molecule has 2 saturated carbocycles. The van der Waals surface area contributed by atoms with E-state index in [2.05, 4.69) is 22.7 Å². The van der Waals surface area contributed by atoms with Crippen molar-refractivity contribution >= 4 is 16.1 Å². The molecule has 0 saturated heterocycles. The van der Waals surface area contributed by atoms with Crippen LogP contribution in [0.1, 0.15) is 70.6 Å². The summed E-state index contributed by atoms with van der Waals surface area (Å²) in [6.45, 7) is 4.15. The van der Waals surface area contributed by atoms with E-state index in [4.69, 9.17) is 0 Å². The second-order valence-corrected chi connectivity index (χ2v) is 9.25. The maximum Gasteiger partial charge on any atom is 0.332 e. The van der Waals surface area contributed by atoms with E-state index in [9.17, 15) is 13.2 Å². The van der Waals surface area contributed by atoms with Gasteiger partial charge in [0.15, 0.2) is 0 Å². The van der Waals surface area contributed by atoms with Crippen LogP contribution in [0.2, 0.25) is 0 Å². The maximum atomic E-state index is 12.4. The molecule has 6 heteroatoms. The van der Waals surface area contributed by atoms with E-state index in [1.807, 2.05) is 0 Å². The Labute approximate surface area is 150 Å². The van der Waals surface area contributed by atoms with Gasteiger partial charge in [0.2, 0.25) is 10.0 Å². The molecule has 0 atom stereocenters. The number of sulfonamides is 1. The van der Waals surface area contributed by atoms with Crippen LogP contribution in [0.4, 0.5) is 4.79 Å². The molecule has 0 unspecified atom stereocenters. The van der Waals surface area contributed by atoms with Crippen LogP contribution in [0.3, 0.4) is 0 Å². The van der Waals surface area contributed by atoms with Gasteiger partial charge in [-0.05, 0) is 74.5 Å². The molecular weight excluding hydrogens is 336 g/mol. The van der Waals surface area contributed by atoms with Crippen LogP contribution in [0, 0.1) is 0 Å². The second-order valence-electron chi connectivity index (χ2n) is 7.29. The van der Waals surface area contributed by atoms with Gasteiger partial charge >= 0.3 is 6.03 Å². The minimum Gasteiger partial charge on any atom is -0.307 e. The molecule has 0 aromatic heterocycles. The zero-order valence-corrected chi connectivity index (χ0v) is 15.6. The first-order valence-corrected chi connectivity index (χ1v) is 11.0. The first kappa shape index (κ1) is 18.2. The molecule has 2 amide bonds. The Morgan fingerprint density at radius 3 is 2.56 bits per heavy atom. The summed E-state index contributed by atoms with van der Waals surface area (Å²) in [5.41, 5.74) is 4.07. The molecule has 0 heterocycles. The molecule has 0 radical (unpaired) electrons. The molecule has 3 rings (SSSR count). The predicted molar refractivity (Wildman–Crippen MR) is 99.4 cm³/mol. The fraction of sp³-hybridized carbons (Fsp3) is 0.632. The number of carbonyl (C=O) groups excluding carboxylic acids is 1. The summed E-state index contributed by atoms with van der Waals surface area (Å²) < 4.78 is 26.9. The SMILES string of the molecule is C=C1CCCC/C=C2/CCC/C2=C/1NC(=O)NS(=O)(=O)C1CCCC1. The number of carbonyl (C=O) groups is 1. The lowest BCUT2D eigenvalue weighted by Gasteiger charge is -2.18. The molecule has 3 aliphatic rings. The maximum absolute atomic E-state index is 12.4. The lowest BCUT2D eigenvalue weighted by Crippen LogP contribution is -2.43. The third-order valence-electron chi connectivity index (χ3n) is 5.45. The summed E-state index contributed by atoms with van der Waals surface area (Å²) in [6, 6.07) is -0.652. The first-order valence-electron chi connectivity index (χ1n) is 9.40. The van der Waals surface area contributed by atoms with Crippen molar-refractivity contribution in [1.82, 2.24) is 10.0 Å². The van der Waals surface area contributed by atoms with Crippen molar-refractivity contribution in [2.75, 3.05) is 0 Å². The third kappa shape index (κ3) is 4.35. The molecule has 3 aliphatic carbocycles. The van der Waals surface area contributed by atoms with Crippen molar-refractivity contribution in [2.45, 2.75) is 75.9 Å². The largest absolute Gasteiger partial charge is 0.332 e. The molecule has 2 N–H and O–H groups in total. The number of hydrogen-bond acceptors (Lipinski definition) is 3. The van der Waals surface area contributed by atoms with Crippen molar-refractivity contribution in [3.63, 3.8) is 0 Å². The summed E-state index contributed by atoms with van der Waals surface area (Å²) in [5.74, 6) is 0. The summed E-state index contributed by atoms with van der Waals surface area (Å²) >= 11 is 0. The van der Waals surface area contributed by atoms with E-state index in [0.29, 0.717) is 12.8 Å². The monoisotopic (exact) mass is 364 g/mol. The third-order valence-corrected chi connectivity index (χ3v) is 7.27. The molecule has 0 aromatic carbocycles. The van der Waals surface area contributed by atoms with Gasteiger partial charge in [-0.15, -0.1) is 0 Å². The average molecular weight is 365 g/mol. The number of amides is 2. The van der Waals surface area contributed by atoms with Gasteiger partial charge in [0.1, 0.15) is 0 Å². The summed E-state index contributed by atoms with van der Waals surface area (Å²) in [4.78, 5) is 12.4. The smallest absolute Gasteiger partial charge is 0.307 e. The van der Waals surface area contributed by atoms with Gasteiger partial charge in [-0.1, -0.05) is 25.5 Å². The van der Waals surface area contributed by atoms with E-state index >= 15 is 0 Å². The number of fused-ring (bicyclic) bond motifs is 1. The van der Waals surface area contributed by atoms with Gasteiger partial charge in [0, 0.05) is 5.70 Å². The Morgan fingerprint density at radius 2 is 1.80 bits per heavy atom.